The summed E-state index contributed by atoms with van der Waals surface area (Å²) in [5.41, 5.74) is 3.45. The van der Waals surface area contributed by atoms with Crippen molar-refractivity contribution in [3.63, 3.8) is 0 Å². The van der Waals surface area contributed by atoms with Crippen LogP contribution < -0.4 is 10.1 Å². The number of thiophene rings is 1. The first-order chi connectivity index (χ1) is 12.8. The summed E-state index contributed by atoms with van der Waals surface area (Å²) in [6, 6.07) is 13.1. The summed E-state index contributed by atoms with van der Waals surface area (Å²) >= 11 is 1.62. The minimum Gasteiger partial charge on any atom is -0.493 e. The first-order valence-corrected chi connectivity index (χ1v) is 9.02. The van der Waals surface area contributed by atoms with Crippen molar-refractivity contribution >= 4 is 28.2 Å². The monoisotopic (exact) mass is 364 g/mol. The number of hydrogen-bond acceptors (Lipinski definition) is 5. The van der Waals surface area contributed by atoms with E-state index in [-0.39, 0.29) is 11.7 Å². The number of rotatable bonds is 5. The largest absolute Gasteiger partial charge is 0.493 e. The van der Waals surface area contributed by atoms with Gasteiger partial charge in [0.1, 0.15) is 0 Å². The molecule has 1 N–H and O–H groups in total. The molecule has 6 heteroatoms. The van der Waals surface area contributed by atoms with Crippen LogP contribution in [0.2, 0.25) is 0 Å². The number of amides is 1. The zero-order chi connectivity index (χ0) is 17.9. The predicted octanol–water partition coefficient (Wildman–Crippen LogP) is 4.49. The summed E-state index contributed by atoms with van der Waals surface area (Å²) in [6.45, 7) is 0.367. The van der Waals surface area contributed by atoms with Gasteiger partial charge in [-0.3, -0.25) is 9.78 Å². The molecule has 3 aromatic heterocycles. The molecule has 0 saturated heterocycles. The minimum atomic E-state index is -0.275. The molecule has 0 atom stereocenters. The zero-order valence-corrected chi connectivity index (χ0v) is 14.9. The second-order valence-corrected chi connectivity index (χ2v) is 6.48. The Labute approximate surface area is 154 Å². The summed E-state index contributed by atoms with van der Waals surface area (Å²) in [5.74, 6) is 0.586. The number of nitrogens with one attached hydrogen (secondary N) is 1. The molecule has 0 spiro atoms. The van der Waals surface area contributed by atoms with Crippen LogP contribution >= 0.6 is 11.3 Å². The van der Waals surface area contributed by atoms with Gasteiger partial charge in [-0.2, -0.15) is 11.3 Å². The van der Waals surface area contributed by atoms with E-state index in [1.165, 1.54) is 0 Å². The average Bonchev–Trinajstić information content (AvgIpc) is 3.35. The summed E-state index contributed by atoms with van der Waals surface area (Å²) < 4.78 is 11.0. The number of pyridine rings is 1. The second-order valence-electron chi connectivity index (χ2n) is 5.70. The summed E-state index contributed by atoms with van der Waals surface area (Å²) in [7, 11) is 1.57. The van der Waals surface area contributed by atoms with E-state index in [0.717, 1.165) is 22.2 Å². The number of carbonyl (C=O) groups is 1. The standard InChI is InChI=1S/C20H16N2O3S/c1-24-16-6-2-4-13-10-17(25-19(13)16)20(23)22-11-14-5-3-8-21-18(14)15-7-9-26-12-15/h2-10,12H,11H2,1H3,(H,22,23). The van der Waals surface area contributed by atoms with Gasteiger partial charge in [0.05, 0.1) is 12.8 Å². The van der Waals surface area contributed by atoms with Crippen LogP contribution in [0.3, 0.4) is 0 Å². The molecule has 4 aromatic rings. The highest BCUT2D eigenvalue weighted by Gasteiger charge is 2.15. The molecule has 0 aliphatic carbocycles. The Balaban J connectivity index is 1.55. The van der Waals surface area contributed by atoms with Gasteiger partial charge in [0.2, 0.25) is 0 Å². The van der Waals surface area contributed by atoms with E-state index in [0.29, 0.717) is 17.9 Å². The van der Waals surface area contributed by atoms with Gasteiger partial charge in [0.15, 0.2) is 17.1 Å². The van der Waals surface area contributed by atoms with Crippen molar-refractivity contribution in [1.29, 1.82) is 0 Å². The molecule has 3 heterocycles. The normalized spacial score (nSPS) is 10.8. The fourth-order valence-electron chi connectivity index (χ4n) is 2.81. The van der Waals surface area contributed by atoms with Crippen LogP contribution in [0.25, 0.3) is 22.2 Å². The van der Waals surface area contributed by atoms with E-state index in [9.17, 15) is 4.79 Å². The highest BCUT2D eigenvalue weighted by molar-refractivity contribution is 7.08. The van der Waals surface area contributed by atoms with Gasteiger partial charge >= 0.3 is 0 Å². The second kappa shape index (κ2) is 7.01. The summed E-state index contributed by atoms with van der Waals surface area (Å²) in [5, 5.41) is 7.78. The molecule has 0 saturated carbocycles. The fourth-order valence-corrected chi connectivity index (χ4v) is 3.45. The molecule has 0 unspecified atom stereocenters. The third-order valence-electron chi connectivity index (χ3n) is 4.08. The molecule has 0 radical (unpaired) electrons. The molecule has 0 fully saturated rings. The Bertz CT molecular complexity index is 1050. The molecule has 4 rings (SSSR count). The van der Waals surface area contributed by atoms with Gasteiger partial charge < -0.3 is 14.5 Å². The number of benzene rings is 1. The Hall–Kier alpha value is -3.12. The number of fused-ring (bicyclic) bond motifs is 1. The van der Waals surface area contributed by atoms with E-state index >= 15 is 0 Å². The average molecular weight is 364 g/mol. The van der Waals surface area contributed by atoms with Crippen LogP contribution in [0, 0.1) is 0 Å². The van der Waals surface area contributed by atoms with Crippen molar-refractivity contribution in [2.24, 2.45) is 0 Å². The van der Waals surface area contributed by atoms with E-state index < -0.39 is 0 Å². The van der Waals surface area contributed by atoms with Crippen LogP contribution in [0.5, 0.6) is 5.75 Å². The van der Waals surface area contributed by atoms with E-state index in [2.05, 4.69) is 10.3 Å². The fraction of sp³-hybridized carbons (Fsp3) is 0.100. The van der Waals surface area contributed by atoms with E-state index in [1.807, 2.05) is 41.1 Å². The van der Waals surface area contributed by atoms with Gasteiger partial charge in [0, 0.05) is 29.1 Å². The maximum Gasteiger partial charge on any atom is 0.287 e. The summed E-state index contributed by atoms with van der Waals surface area (Å²) in [6.07, 6.45) is 1.75. The topological polar surface area (TPSA) is 64.4 Å². The number of methoxy groups -OCH3 is 1. The molecule has 0 aliphatic rings. The van der Waals surface area contributed by atoms with Crippen molar-refractivity contribution in [1.82, 2.24) is 10.3 Å². The van der Waals surface area contributed by atoms with Crippen molar-refractivity contribution in [3.8, 4) is 17.0 Å². The van der Waals surface area contributed by atoms with Crippen molar-refractivity contribution in [2.45, 2.75) is 6.54 Å². The number of ether oxygens (including phenoxy) is 1. The molecular formula is C20H16N2O3S. The van der Waals surface area contributed by atoms with Crippen LogP contribution in [-0.2, 0) is 6.54 Å². The van der Waals surface area contributed by atoms with Crippen LogP contribution in [-0.4, -0.2) is 18.0 Å². The van der Waals surface area contributed by atoms with Gasteiger partial charge in [0.25, 0.3) is 5.91 Å². The minimum absolute atomic E-state index is 0.255. The maximum atomic E-state index is 12.5. The van der Waals surface area contributed by atoms with Gasteiger partial charge in [-0.05, 0) is 35.2 Å². The first kappa shape index (κ1) is 16.4. The van der Waals surface area contributed by atoms with Gasteiger partial charge in [-0.1, -0.05) is 18.2 Å². The van der Waals surface area contributed by atoms with Gasteiger partial charge in [-0.15, -0.1) is 0 Å². The van der Waals surface area contributed by atoms with Crippen molar-refractivity contribution in [2.75, 3.05) is 7.11 Å². The number of carbonyl (C=O) groups excluding carboxylic acids is 1. The third kappa shape index (κ3) is 3.07. The number of aromatic nitrogens is 1. The third-order valence-corrected chi connectivity index (χ3v) is 4.76. The summed E-state index contributed by atoms with van der Waals surface area (Å²) in [4.78, 5) is 17.0. The molecule has 1 amide bonds. The predicted molar refractivity (Wildman–Crippen MR) is 101 cm³/mol. The first-order valence-electron chi connectivity index (χ1n) is 8.07. The lowest BCUT2D eigenvalue weighted by atomic mass is 10.1. The van der Waals surface area contributed by atoms with Crippen LogP contribution in [0.4, 0.5) is 0 Å². The number of furan rings is 1. The molecule has 0 bridgehead atoms. The van der Waals surface area contributed by atoms with Crippen molar-refractivity contribution < 1.29 is 13.9 Å². The van der Waals surface area contributed by atoms with Crippen LogP contribution in [0.1, 0.15) is 16.1 Å². The number of hydrogen-bond donors (Lipinski definition) is 1. The molecule has 130 valence electrons. The SMILES string of the molecule is COc1cccc2cc(C(=O)NCc3cccnc3-c3ccsc3)oc12. The smallest absolute Gasteiger partial charge is 0.287 e. The molecule has 1 aromatic carbocycles. The molecule has 26 heavy (non-hydrogen) atoms. The lowest BCUT2D eigenvalue weighted by Crippen LogP contribution is -2.22. The van der Waals surface area contributed by atoms with Crippen molar-refractivity contribution in [3.05, 3.63) is 70.7 Å². The molecular weight excluding hydrogens is 348 g/mol. The molecule has 5 nitrogen and oxygen atoms in total. The highest BCUT2D eigenvalue weighted by Crippen LogP contribution is 2.28. The number of para-hydroxylation sites is 1. The Morgan fingerprint density at radius 3 is 3.00 bits per heavy atom. The maximum absolute atomic E-state index is 12.5. The Morgan fingerprint density at radius 1 is 1.27 bits per heavy atom. The lowest BCUT2D eigenvalue weighted by Gasteiger charge is -2.08. The molecule has 0 aliphatic heterocycles. The Kier molecular flexibility index (Phi) is 4.41. The zero-order valence-electron chi connectivity index (χ0n) is 14.1. The van der Waals surface area contributed by atoms with Gasteiger partial charge in [-0.25, -0.2) is 0 Å². The lowest BCUT2D eigenvalue weighted by molar-refractivity contribution is 0.0925. The quantitative estimate of drug-likeness (QED) is 0.566. The van der Waals surface area contributed by atoms with E-state index in [1.54, 1.807) is 36.8 Å². The highest BCUT2D eigenvalue weighted by atomic mass is 32.1. The van der Waals surface area contributed by atoms with E-state index in [4.69, 9.17) is 9.15 Å². The number of nitrogens with zero attached hydrogens (tertiary/aromatic N) is 1. The van der Waals surface area contributed by atoms with Crippen LogP contribution in [0.15, 0.2) is 63.8 Å². The Morgan fingerprint density at radius 2 is 2.19 bits per heavy atom.